The summed E-state index contributed by atoms with van der Waals surface area (Å²) in [6.45, 7) is 0. The summed E-state index contributed by atoms with van der Waals surface area (Å²) in [4.78, 5) is 37.0. The fourth-order valence-corrected chi connectivity index (χ4v) is 3.50. The number of hydrogen-bond acceptors (Lipinski definition) is 5. The number of methoxy groups -OCH3 is 2. The molecule has 1 aliphatic carbocycles. The number of halogens is 1. The highest BCUT2D eigenvalue weighted by Crippen LogP contribution is 2.40. The molecule has 0 amide bonds. The number of carbonyl (C=O) groups is 3. The van der Waals surface area contributed by atoms with E-state index in [9.17, 15) is 14.4 Å². The van der Waals surface area contributed by atoms with Crippen LogP contribution in [0.15, 0.2) is 24.3 Å². The van der Waals surface area contributed by atoms with Crippen molar-refractivity contribution in [2.75, 3.05) is 14.2 Å². The predicted molar refractivity (Wildman–Crippen MR) is 88.7 cm³/mol. The zero-order valence-corrected chi connectivity index (χ0v) is 14.5. The first-order valence-electron chi connectivity index (χ1n) is 7.93. The maximum absolute atomic E-state index is 12.5. The van der Waals surface area contributed by atoms with Crippen LogP contribution in [0.5, 0.6) is 0 Å². The second kappa shape index (κ2) is 8.29. The quantitative estimate of drug-likeness (QED) is 0.601. The van der Waals surface area contributed by atoms with Crippen molar-refractivity contribution >= 4 is 29.3 Å². The molecule has 1 aliphatic rings. The van der Waals surface area contributed by atoms with Gasteiger partial charge in [-0.3, -0.25) is 14.4 Å². The third kappa shape index (κ3) is 3.96. The molecule has 24 heavy (non-hydrogen) atoms. The molecule has 6 heteroatoms. The van der Waals surface area contributed by atoms with E-state index in [1.165, 1.54) is 14.2 Å². The van der Waals surface area contributed by atoms with Gasteiger partial charge in [0.15, 0.2) is 5.92 Å². The van der Waals surface area contributed by atoms with Crippen molar-refractivity contribution < 1.29 is 23.9 Å². The van der Waals surface area contributed by atoms with Gasteiger partial charge in [-0.05, 0) is 30.5 Å². The molecule has 2 rings (SSSR count). The van der Waals surface area contributed by atoms with E-state index in [1.807, 2.05) is 0 Å². The van der Waals surface area contributed by atoms with Crippen LogP contribution in [0.2, 0.25) is 5.02 Å². The van der Waals surface area contributed by atoms with Crippen LogP contribution in [0.1, 0.15) is 37.2 Å². The standard InChI is InChI=1S/C18H21ClO5/c1-23-17(21)16(18(22)24-2)15(11-7-9-12(19)10-8-11)13-5-3-4-6-14(13)20/h7-10,13,15-16H,3-6H2,1-2H3/t13-,15+/m1/s1. The monoisotopic (exact) mass is 352 g/mol. The van der Waals surface area contributed by atoms with Gasteiger partial charge in [-0.2, -0.15) is 0 Å². The highest BCUT2D eigenvalue weighted by atomic mass is 35.5. The minimum atomic E-state index is -1.17. The van der Waals surface area contributed by atoms with Gasteiger partial charge in [0.2, 0.25) is 0 Å². The van der Waals surface area contributed by atoms with E-state index in [0.29, 0.717) is 23.4 Å². The molecule has 1 aromatic carbocycles. The summed E-state index contributed by atoms with van der Waals surface area (Å²) < 4.78 is 9.62. The highest BCUT2D eigenvalue weighted by molar-refractivity contribution is 6.30. The fourth-order valence-electron chi connectivity index (χ4n) is 3.38. The summed E-state index contributed by atoms with van der Waals surface area (Å²) in [5, 5.41) is 0.542. The molecule has 0 unspecified atom stereocenters. The van der Waals surface area contributed by atoms with E-state index >= 15 is 0 Å². The van der Waals surface area contributed by atoms with Crippen LogP contribution in [0.25, 0.3) is 0 Å². The smallest absolute Gasteiger partial charge is 0.320 e. The highest BCUT2D eigenvalue weighted by Gasteiger charge is 2.44. The lowest BCUT2D eigenvalue weighted by Crippen LogP contribution is -2.39. The maximum Gasteiger partial charge on any atom is 0.320 e. The van der Waals surface area contributed by atoms with Gasteiger partial charge in [0.1, 0.15) is 5.78 Å². The van der Waals surface area contributed by atoms with Crippen molar-refractivity contribution in [2.45, 2.75) is 31.6 Å². The molecule has 0 N–H and O–H groups in total. The van der Waals surface area contributed by atoms with E-state index in [-0.39, 0.29) is 5.78 Å². The SMILES string of the molecule is COC(=O)C(C(=O)OC)[C@@H](c1ccc(Cl)cc1)[C@@H]1CCCCC1=O. The largest absolute Gasteiger partial charge is 0.468 e. The van der Waals surface area contributed by atoms with Crippen molar-refractivity contribution in [1.82, 2.24) is 0 Å². The van der Waals surface area contributed by atoms with Crippen LogP contribution in [0.4, 0.5) is 0 Å². The Hall–Kier alpha value is -1.88. The minimum Gasteiger partial charge on any atom is -0.468 e. The summed E-state index contributed by atoms with van der Waals surface area (Å²) in [6.07, 6.45) is 2.82. The van der Waals surface area contributed by atoms with Crippen LogP contribution < -0.4 is 0 Å². The Labute approximate surface area is 146 Å². The summed E-state index contributed by atoms with van der Waals surface area (Å²) in [5.74, 6) is -3.52. The second-order valence-electron chi connectivity index (χ2n) is 5.92. The predicted octanol–water partition coefficient (Wildman–Crippen LogP) is 3.15. The third-order valence-corrected chi connectivity index (χ3v) is 4.81. The summed E-state index contributed by atoms with van der Waals surface area (Å²) in [6, 6.07) is 6.85. The molecule has 130 valence electrons. The van der Waals surface area contributed by atoms with Crippen molar-refractivity contribution in [3.8, 4) is 0 Å². The zero-order chi connectivity index (χ0) is 17.7. The van der Waals surface area contributed by atoms with Gasteiger partial charge < -0.3 is 9.47 Å². The van der Waals surface area contributed by atoms with Gasteiger partial charge in [-0.1, -0.05) is 30.2 Å². The number of ketones is 1. The third-order valence-electron chi connectivity index (χ3n) is 4.56. The number of hydrogen-bond donors (Lipinski definition) is 0. The first kappa shape index (κ1) is 18.5. The lowest BCUT2D eigenvalue weighted by molar-refractivity contribution is -0.161. The normalized spacial score (nSPS) is 19.0. The van der Waals surface area contributed by atoms with E-state index in [0.717, 1.165) is 12.8 Å². The van der Waals surface area contributed by atoms with E-state index in [4.69, 9.17) is 21.1 Å². The van der Waals surface area contributed by atoms with Crippen LogP contribution in [-0.4, -0.2) is 31.9 Å². The summed E-state index contributed by atoms with van der Waals surface area (Å²) in [7, 11) is 2.44. The molecular formula is C18H21ClO5. The van der Waals surface area contributed by atoms with Crippen molar-refractivity contribution in [3.05, 3.63) is 34.9 Å². The Bertz CT molecular complexity index is 594. The zero-order valence-electron chi connectivity index (χ0n) is 13.8. The summed E-state index contributed by atoms with van der Waals surface area (Å²) >= 11 is 5.94. The molecule has 0 heterocycles. The second-order valence-corrected chi connectivity index (χ2v) is 6.36. The molecule has 0 radical (unpaired) electrons. The topological polar surface area (TPSA) is 69.7 Å². The van der Waals surface area contributed by atoms with Crippen molar-refractivity contribution in [1.29, 1.82) is 0 Å². The number of Topliss-reactive ketones (excluding diaryl/α,β-unsaturated/α-hetero) is 1. The number of esters is 2. The van der Waals surface area contributed by atoms with E-state index < -0.39 is 29.7 Å². The lowest BCUT2D eigenvalue weighted by atomic mass is 9.70. The Balaban J connectivity index is 2.50. The minimum absolute atomic E-state index is 0.0685. The number of benzene rings is 1. The fraction of sp³-hybridized carbons (Fsp3) is 0.500. The average Bonchev–Trinajstić information content (AvgIpc) is 2.60. The molecular weight excluding hydrogens is 332 g/mol. The molecule has 1 saturated carbocycles. The average molecular weight is 353 g/mol. The Morgan fingerprint density at radius 1 is 1.08 bits per heavy atom. The van der Waals surface area contributed by atoms with Gasteiger partial charge in [-0.15, -0.1) is 0 Å². The molecule has 0 spiro atoms. The Morgan fingerprint density at radius 3 is 2.17 bits per heavy atom. The van der Waals surface area contributed by atoms with Crippen LogP contribution in [0.3, 0.4) is 0 Å². The molecule has 0 bridgehead atoms. The van der Waals surface area contributed by atoms with Crippen molar-refractivity contribution in [2.24, 2.45) is 11.8 Å². The maximum atomic E-state index is 12.5. The molecule has 2 atom stereocenters. The Morgan fingerprint density at radius 2 is 1.67 bits per heavy atom. The molecule has 5 nitrogen and oxygen atoms in total. The van der Waals surface area contributed by atoms with Crippen molar-refractivity contribution in [3.63, 3.8) is 0 Å². The first-order chi connectivity index (χ1) is 11.5. The van der Waals surface area contributed by atoms with Crippen LogP contribution >= 0.6 is 11.6 Å². The molecule has 1 fully saturated rings. The molecule has 0 aromatic heterocycles. The summed E-state index contributed by atoms with van der Waals surface area (Å²) in [5.41, 5.74) is 0.709. The number of rotatable bonds is 5. The lowest BCUT2D eigenvalue weighted by Gasteiger charge is -2.32. The molecule has 0 aliphatic heterocycles. The first-order valence-corrected chi connectivity index (χ1v) is 8.31. The number of ether oxygens (including phenoxy) is 2. The van der Waals surface area contributed by atoms with Gasteiger partial charge in [-0.25, -0.2) is 0 Å². The van der Waals surface area contributed by atoms with E-state index in [1.54, 1.807) is 24.3 Å². The van der Waals surface area contributed by atoms with Gasteiger partial charge in [0.05, 0.1) is 14.2 Å². The molecule has 0 saturated heterocycles. The Kier molecular flexibility index (Phi) is 6.37. The van der Waals surface area contributed by atoms with Gasteiger partial charge in [0.25, 0.3) is 0 Å². The van der Waals surface area contributed by atoms with Crippen LogP contribution in [-0.2, 0) is 23.9 Å². The van der Waals surface area contributed by atoms with Gasteiger partial charge >= 0.3 is 11.9 Å². The van der Waals surface area contributed by atoms with Gasteiger partial charge in [0, 0.05) is 23.3 Å². The van der Waals surface area contributed by atoms with E-state index in [2.05, 4.69) is 0 Å². The molecule has 1 aromatic rings. The number of carbonyl (C=O) groups excluding carboxylic acids is 3. The van der Waals surface area contributed by atoms with Crippen LogP contribution in [0, 0.1) is 11.8 Å².